The van der Waals surface area contributed by atoms with Crippen molar-refractivity contribution in [3.8, 4) is 11.4 Å². The number of anilines is 1. The van der Waals surface area contributed by atoms with Crippen molar-refractivity contribution in [3.05, 3.63) is 46.7 Å². The minimum atomic E-state index is -4.53. The number of alkyl halides is 3. The average molecular weight is 411 g/mol. The van der Waals surface area contributed by atoms with Crippen molar-refractivity contribution in [1.82, 2.24) is 20.2 Å². The van der Waals surface area contributed by atoms with Crippen LogP contribution in [0.25, 0.3) is 11.4 Å². The van der Waals surface area contributed by atoms with Crippen LogP contribution in [0.15, 0.2) is 41.1 Å². The molecule has 0 aliphatic heterocycles. The molecule has 3 rings (SSSR count). The minimum absolute atomic E-state index is 0.0609. The van der Waals surface area contributed by atoms with Gasteiger partial charge in [-0.15, -0.1) is 10.2 Å². The summed E-state index contributed by atoms with van der Waals surface area (Å²) in [6.45, 7) is -1.03. The lowest BCUT2D eigenvalue weighted by atomic mass is 10.2. The second-order valence-electron chi connectivity index (χ2n) is 5.44. The van der Waals surface area contributed by atoms with Gasteiger partial charge in [0, 0.05) is 16.6 Å². The van der Waals surface area contributed by atoms with Crippen LogP contribution in [-0.4, -0.2) is 38.7 Å². The second kappa shape index (κ2) is 8.17. The summed E-state index contributed by atoms with van der Waals surface area (Å²) in [4.78, 5) is 24.6. The Kier molecular flexibility index (Phi) is 5.68. The molecule has 1 N–H and O–H groups in total. The molecular formula is C16H12F3N5O3S. The fraction of sp³-hybridized carbons (Fsp3) is 0.188. The first-order chi connectivity index (χ1) is 13.3. The van der Waals surface area contributed by atoms with E-state index in [-0.39, 0.29) is 12.2 Å². The molecule has 0 spiro atoms. The van der Waals surface area contributed by atoms with Crippen molar-refractivity contribution in [2.24, 2.45) is 0 Å². The maximum absolute atomic E-state index is 12.7. The van der Waals surface area contributed by atoms with Gasteiger partial charge in [0.1, 0.15) is 0 Å². The summed E-state index contributed by atoms with van der Waals surface area (Å²) >= 11 is 1.46. The SMILES string of the molecule is O=C(COC(=O)Cn1nnc(-c2ccsc2)n1)Nc1cccc(C(F)(F)F)c1. The first-order valence-electron chi connectivity index (χ1n) is 7.74. The van der Waals surface area contributed by atoms with Crippen LogP contribution in [0.4, 0.5) is 18.9 Å². The number of hydrogen-bond donors (Lipinski definition) is 1. The number of amides is 1. The van der Waals surface area contributed by atoms with Crippen LogP contribution in [-0.2, 0) is 27.0 Å². The Balaban J connectivity index is 1.49. The number of tetrazole rings is 1. The summed E-state index contributed by atoms with van der Waals surface area (Å²) in [5.74, 6) is -1.23. The summed E-state index contributed by atoms with van der Waals surface area (Å²) in [5, 5.41) is 17.4. The van der Waals surface area contributed by atoms with Crippen molar-refractivity contribution in [2.45, 2.75) is 12.7 Å². The molecule has 0 aliphatic carbocycles. The fourth-order valence-corrected chi connectivity index (χ4v) is 2.73. The van der Waals surface area contributed by atoms with Gasteiger partial charge in [0.05, 0.1) is 5.56 Å². The third kappa shape index (κ3) is 5.13. The molecule has 28 heavy (non-hydrogen) atoms. The molecule has 2 heterocycles. The number of benzene rings is 1. The van der Waals surface area contributed by atoms with Gasteiger partial charge in [-0.05, 0) is 34.9 Å². The van der Waals surface area contributed by atoms with Crippen LogP contribution in [0.5, 0.6) is 0 Å². The molecule has 3 aromatic rings. The Bertz CT molecular complexity index is 972. The molecule has 0 aliphatic rings. The van der Waals surface area contributed by atoms with Gasteiger partial charge in [-0.1, -0.05) is 6.07 Å². The molecular weight excluding hydrogens is 399 g/mol. The minimum Gasteiger partial charge on any atom is -0.454 e. The van der Waals surface area contributed by atoms with Crippen LogP contribution < -0.4 is 5.32 Å². The molecule has 0 unspecified atom stereocenters. The van der Waals surface area contributed by atoms with Crippen molar-refractivity contribution in [3.63, 3.8) is 0 Å². The van der Waals surface area contributed by atoms with Crippen LogP contribution >= 0.6 is 11.3 Å². The van der Waals surface area contributed by atoms with Crippen LogP contribution in [0.1, 0.15) is 5.56 Å². The Labute approximate surface area is 159 Å². The first kappa shape index (κ1) is 19.5. The Morgan fingerprint density at radius 3 is 2.79 bits per heavy atom. The van der Waals surface area contributed by atoms with Crippen molar-refractivity contribution < 1.29 is 27.5 Å². The van der Waals surface area contributed by atoms with Gasteiger partial charge in [0.25, 0.3) is 5.91 Å². The number of aromatic nitrogens is 4. The topological polar surface area (TPSA) is 99.0 Å². The molecule has 0 saturated carbocycles. The maximum atomic E-state index is 12.7. The second-order valence-corrected chi connectivity index (χ2v) is 6.22. The molecule has 0 radical (unpaired) electrons. The number of rotatable bonds is 6. The van der Waals surface area contributed by atoms with Crippen molar-refractivity contribution >= 4 is 28.9 Å². The van der Waals surface area contributed by atoms with E-state index < -0.39 is 30.2 Å². The number of halogens is 3. The van der Waals surface area contributed by atoms with E-state index >= 15 is 0 Å². The normalized spacial score (nSPS) is 11.2. The fourth-order valence-electron chi connectivity index (χ4n) is 2.09. The predicted octanol–water partition coefficient (Wildman–Crippen LogP) is 2.60. The molecule has 0 saturated heterocycles. The van der Waals surface area contributed by atoms with Gasteiger partial charge in [0.2, 0.25) is 5.82 Å². The molecule has 1 aromatic carbocycles. The Morgan fingerprint density at radius 2 is 2.07 bits per heavy atom. The summed E-state index contributed by atoms with van der Waals surface area (Å²) in [6.07, 6.45) is -4.53. The number of nitrogens with zero attached hydrogens (tertiary/aromatic N) is 4. The number of carbonyl (C=O) groups is 2. The monoisotopic (exact) mass is 411 g/mol. The standard InChI is InChI=1S/C16H12F3N5O3S/c17-16(18,19)11-2-1-3-12(6-11)20-13(25)8-27-14(26)7-24-22-15(21-23-24)10-4-5-28-9-10/h1-6,9H,7-8H2,(H,20,25). The number of nitrogens with one attached hydrogen (secondary N) is 1. The van der Waals surface area contributed by atoms with E-state index in [2.05, 4.69) is 20.7 Å². The van der Waals surface area contributed by atoms with E-state index in [4.69, 9.17) is 4.74 Å². The largest absolute Gasteiger partial charge is 0.454 e. The summed E-state index contributed by atoms with van der Waals surface area (Å²) in [7, 11) is 0. The zero-order chi connectivity index (χ0) is 20.1. The predicted molar refractivity (Wildman–Crippen MR) is 92.2 cm³/mol. The van der Waals surface area contributed by atoms with Crippen LogP contribution in [0, 0.1) is 0 Å². The van der Waals surface area contributed by atoms with E-state index in [0.29, 0.717) is 5.82 Å². The van der Waals surface area contributed by atoms with Gasteiger partial charge in [-0.25, -0.2) is 4.79 Å². The Hall–Kier alpha value is -3.28. The van der Waals surface area contributed by atoms with Crippen LogP contribution in [0.2, 0.25) is 0 Å². The highest BCUT2D eigenvalue weighted by Crippen LogP contribution is 2.30. The highest BCUT2D eigenvalue weighted by Gasteiger charge is 2.30. The van der Waals surface area contributed by atoms with E-state index in [0.717, 1.165) is 28.6 Å². The van der Waals surface area contributed by atoms with Gasteiger partial charge in [0.15, 0.2) is 13.2 Å². The number of ether oxygens (including phenoxy) is 1. The summed E-state index contributed by atoms with van der Waals surface area (Å²) in [6, 6.07) is 5.91. The molecule has 146 valence electrons. The quantitative estimate of drug-likeness (QED) is 0.626. The lowest BCUT2D eigenvalue weighted by Crippen LogP contribution is -2.23. The lowest BCUT2D eigenvalue weighted by Gasteiger charge is -2.10. The number of hydrogen-bond acceptors (Lipinski definition) is 7. The number of thiophene rings is 1. The highest BCUT2D eigenvalue weighted by molar-refractivity contribution is 7.08. The number of carbonyl (C=O) groups excluding carboxylic acids is 2. The highest BCUT2D eigenvalue weighted by atomic mass is 32.1. The summed E-state index contributed by atoms with van der Waals surface area (Å²) < 4.78 is 42.7. The third-order valence-corrected chi connectivity index (χ3v) is 4.02. The zero-order valence-corrected chi connectivity index (χ0v) is 14.8. The van der Waals surface area contributed by atoms with Gasteiger partial charge >= 0.3 is 12.1 Å². The zero-order valence-electron chi connectivity index (χ0n) is 14.0. The molecule has 8 nitrogen and oxygen atoms in total. The van der Waals surface area contributed by atoms with E-state index in [9.17, 15) is 22.8 Å². The van der Waals surface area contributed by atoms with Crippen LogP contribution in [0.3, 0.4) is 0 Å². The molecule has 0 fully saturated rings. The average Bonchev–Trinajstić information content (AvgIpc) is 3.31. The van der Waals surface area contributed by atoms with Gasteiger partial charge in [-0.2, -0.15) is 29.3 Å². The van der Waals surface area contributed by atoms with Crippen molar-refractivity contribution in [2.75, 3.05) is 11.9 Å². The van der Waals surface area contributed by atoms with Gasteiger partial charge in [-0.3, -0.25) is 4.79 Å². The molecule has 12 heteroatoms. The first-order valence-corrected chi connectivity index (χ1v) is 8.68. The van der Waals surface area contributed by atoms with Crippen molar-refractivity contribution in [1.29, 1.82) is 0 Å². The maximum Gasteiger partial charge on any atom is 0.416 e. The van der Waals surface area contributed by atoms with Gasteiger partial charge < -0.3 is 10.1 Å². The smallest absolute Gasteiger partial charge is 0.416 e. The summed E-state index contributed by atoms with van der Waals surface area (Å²) in [5.41, 5.74) is -0.208. The molecule has 1 amide bonds. The molecule has 0 bridgehead atoms. The molecule has 0 atom stereocenters. The number of esters is 1. The molecule has 2 aromatic heterocycles. The Morgan fingerprint density at radius 1 is 1.25 bits per heavy atom. The third-order valence-electron chi connectivity index (χ3n) is 3.34. The van der Waals surface area contributed by atoms with E-state index in [1.807, 2.05) is 10.8 Å². The van der Waals surface area contributed by atoms with E-state index in [1.165, 1.54) is 17.4 Å². The lowest BCUT2D eigenvalue weighted by molar-refractivity contribution is -0.148. The van der Waals surface area contributed by atoms with E-state index in [1.54, 1.807) is 6.07 Å².